The predicted octanol–water partition coefficient (Wildman–Crippen LogP) is 2.69. The van der Waals surface area contributed by atoms with Crippen LogP contribution in [0.1, 0.15) is 25.3 Å². The van der Waals surface area contributed by atoms with Gasteiger partial charge in [0.2, 0.25) is 0 Å². The van der Waals surface area contributed by atoms with Crippen LogP contribution in [0.15, 0.2) is 24.3 Å². The van der Waals surface area contributed by atoms with Crippen LogP contribution in [-0.2, 0) is 6.54 Å². The molecule has 1 aliphatic heterocycles. The summed E-state index contributed by atoms with van der Waals surface area (Å²) in [6, 6.07) is 8.31. The molecule has 20 heavy (non-hydrogen) atoms. The summed E-state index contributed by atoms with van der Waals surface area (Å²) in [6.07, 6.45) is 2.35. The Labute approximate surface area is 121 Å². The summed E-state index contributed by atoms with van der Waals surface area (Å²) in [4.78, 5) is 16.1. The largest absolute Gasteiger partial charge is 0.378 e. The summed E-state index contributed by atoms with van der Waals surface area (Å²) in [5.41, 5.74) is 2.29. The smallest absolute Gasteiger partial charge is 0.317 e. The minimum atomic E-state index is 0.0619. The summed E-state index contributed by atoms with van der Waals surface area (Å²) < 4.78 is 0. The summed E-state index contributed by atoms with van der Waals surface area (Å²) in [7, 11) is 4.04. The van der Waals surface area contributed by atoms with E-state index < -0.39 is 0 Å². The second-order valence-corrected chi connectivity index (χ2v) is 5.92. The Morgan fingerprint density at radius 2 is 2.25 bits per heavy atom. The fourth-order valence-electron chi connectivity index (χ4n) is 2.61. The standard InChI is InChI=1S/C16H25N3O/c1-13-6-5-9-19(12-13)16(20)17-11-14-7-4-8-15(10-14)18(2)3/h4,7-8,10,13H,5-6,9,11-12H2,1-3H3,(H,17,20). The molecule has 4 heteroatoms. The summed E-state index contributed by atoms with van der Waals surface area (Å²) in [5.74, 6) is 0.617. The van der Waals surface area contributed by atoms with Crippen molar-refractivity contribution in [2.45, 2.75) is 26.3 Å². The van der Waals surface area contributed by atoms with Crippen LogP contribution < -0.4 is 10.2 Å². The lowest BCUT2D eigenvalue weighted by atomic mass is 10.0. The number of hydrogen-bond acceptors (Lipinski definition) is 2. The molecule has 0 saturated carbocycles. The van der Waals surface area contributed by atoms with Crippen molar-refractivity contribution < 1.29 is 4.79 Å². The number of carbonyl (C=O) groups excluding carboxylic acids is 1. The number of amides is 2. The van der Waals surface area contributed by atoms with E-state index in [0.29, 0.717) is 12.5 Å². The van der Waals surface area contributed by atoms with Gasteiger partial charge in [0.05, 0.1) is 0 Å². The highest BCUT2D eigenvalue weighted by Crippen LogP contribution is 2.16. The van der Waals surface area contributed by atoms with Gasteiger partial charge in [-0.05, 0) is 36.5 Å². The molecule has 0 spiro atoms. The zero-order valence-corrected chi connectivity index (χ0v) is 12.7. The summed E-state index contributed by atoms with van der Waals surface area (Å²) in [5, 5.41) is 3.02. The third-order valence-electron chi connectivity index (χ3n) is 3.81. The van der Waals surface area contributed by atoms with Crippen molar-refractivity contribution in [2.24, 2.45) is 5.92 Å². The molecule has 1 N–H and O–H groups in total. The van der Waals surface area contributed by atoms with Gasteiger partial charge in [-0.2, -0.15) is 0 Å². The van der Waals surface area contributed by atoms with Crippen molar-refractivity contribution in [3.05, 3.63) is 29.8 Å². The number of likely N-dealkylation sites (tertiary alicyclic amines) is 1. The molecule has 4 nitrogen and oxygen atoms in total. The van der Waals surface area contributed by atoms with E-state index >= 15 is 0 Å². The van der Waals surface area contributed by atoms with Crippen molar-refractivity contribution in [2.75, 3.05) is 32.1 Å². The number of hydrogen-bond donors (Lipinski definition) is 1. The zero-order valence-electron chi connectivity index (χ0n) is 12.7. The first-order chi connectivity index (χ1) is 9.56. The molecule has 1 fully saturated rings. The molecule has 0 radical (unpaired) electrons. The van der Waals surface area contributed by atoms with E-state index in [1.807, 2.05) is 31.1 Å². The molecule has 1 heterocycles. The molecule has 1 aliphatic rings. The van der Waals surface area contributed by atoms with Gasteiger partial charge in [-0.15, -0.1) is 0 Å². The maximum atomic E-state index is 12.1. The highest BCUT2D eigenvalue weighted by Gasteiger charge is 2.20. The SMILES string of the molecule is CC1CCCN(C(=O)NCc2cccc(N(C)C)c2)C1. The molecule has 1 aromatic rings. The second kappa shape index (κ2) is 6.64. The van der Waals surface area contributed by atoms with Crippen molar-refractivity contribution in [1.82, 2.24) is 10.2 Å². The lowest BCUT2D eigenvalue weighted by Gasteiger charge is -2.31. The lowest BCUT2D eigenvalue weighted by molar-refractivity contribution is 0.169. The Morgan fingerprint density at radius 3 is 2.95 bits per heavy atom. The molecule has 1 atom stereocenters. The number of carbonyl (C=O) groups is 1. The van der Waals surface area contributed by atoms with Crippen molar-refractivity contribution >= 4 is 11.7 Å². The molecule has 2 rings (SSSR count). The quantitative estimate of drug-likeness (QED) is 0.920. The van der Waals surface area contributed by atoms with E-state index in [2.05, 4.69) is 29.3 Å². The van der Waals surface area contributed by atoms with Gasteiger partial charge in [-0.25, -0.2) is 4.79 Å². The third kappa shape index (κ3) is 3.89. The molecular formula is C16H25N3O. The predicted molar refractivity (Wildman–Crippen MR) is 83.0 cm³/mol. The van der Waals surface area contributed by atoms with Crippen LogP contribution in [0.5, 0.6) is 0 Å². The van der Waals surface area contributed by atoms with Crippen molar-refractivity contribution in [3.8, 4) is 0 Å². The Bertz CT molecular complexity index is 459. The lowest BCUT2D eigenvalue weighted by Crippen LogP contribution is -2.44. The van der Waals surface area contributed by atoms with Gasteiger partial charge in [0.15, 0.2) is 0 Å². The fraction of sp³-hybridized carbons (Fsp3) is 0.562. The molecule has 0 aromatic heterocycles. The fourth-order valence-corrected chi connectivity index (χ4v) is 2.61. The maximum absolute atomic E-state index is 12.1. The monoisotopic (exact) mass is 275 g/mol. The highest BCUT2D eigenvalue weighted by atomic mass is 16.2. The van der Waals surface area contributed by atoms with Crippen LogP contribution in [0, 0.1) is 5.92 Å². The number of urea groups is 1. The Balaban J connectivity index is 1.88. The number of nitrogens with zero attached hydrogens (tertiary/aromatic N) is 2. The van der Waals surface area contributed by atoms with E-state index in [1.165, 1.54) is 6.42 Å². The minimum absolute atomic E-state index is 0.0619. The number of rotatable bonds is 3. The first kappa shape index (κ1) is 14.7. The average Bonchev–Trinajstić information content (AvgIpc) is 2.45. The minimum Gasteiger partial charge on any atom is -0.378 e. The van der Waals surface area contributed by atoms with Crippen LogP contribution in [0.2, 0.25) is 0 Å². The third-order valence-corrected chi connectivity index (χ3v) is 3.81. The Morgan fingerprint density at radius 1 is 1.45 bits per heavy atom. The topological polar surface area (TPSA) is 35.6 Å². The molecule has 1 saturated heterocycles. The summed E-state index contributed by atoms with van der Waals surface area (Å²) in [6.45, 7) is 4.56. The Hall–Kier alpha value is -1.71. The first-order valence-electron chi connectivity index (χ1n) is 7.35. The van der Waals surface area contributed by atoms with Gasteiger partial charge in [0.1, 0.15) is 0 Å². The van der Waals surface area contributed by atoms with Crippen molar-refractivity contribution in [3.63, 3.8) is 0 Å². The number of nitrogens with one attached hydrogen (secondary N) is 1. The summed E-state index contributed by atoms with van der Waals surface area (Å²) >= 11 is 0. The van der Waals surface area contributed by atoms with E-state index in [9.17, 15) is 4.79 Å². The van der Waals surface area contributed by atoms with Crippen LogP contribution in [0.25, 0.3) is 0 Å². The first-order valence-corrected chi connectivity index (χ1v) is 7.35. The molecule has 0 bridgehead atoms. The maximum Gasteiger partial charge on any atom is 0.317 e. The molecule has 110 valence electrons. The van der Waals surface area contributed by atoms with Crippen molar-refractivity contribution in [1.29, 1.82) is 0 Å². The van der Waals surface area contributed by atoms with Gasteiger partial charge in [0, 0.05) is 39.4 Å². The van der Waals surface area contributed by atoms with Gasteiger partial charge < -0.3 is 15.1 Å². The average molecular weight is 275 g/mol. The number of piperidine rings is 1. The second-order valence-electron chi connectivity index (χ2n) is 5.92. The van der Waals surface area contributed by atoms with Crippen LogP contribution >= 0.6 is 0 Å². The van der Waals surface area contributed by atoms with Crippen LogP contribution in [0.3, 0.4) is 0 Å². The molecule has 1 aromatic carbocycles. The number of anilines is 1. The van der Waals surface area contributed by atoms with E-state index in [4.69, 9.17) is 0 Å². The zero-order chi connectivity index (χ0) is 14.5. The molecular weight excluding hydrogens is 250 g/mol. The number of benzene rings is 1. The van der Waals surface area contributed by atoms with Gasteiger partial charge in [-0.3, -0.25) is 0 Å². The van der Waals surface area contributed by atoms with E-state index in [0.717, 1.165) is 30.8 Å². The highest BCUT2D eigenvalue weighted by molar-refractivity contribution is 5.74. The molecule has 2 amide bonds. The van der Waals surface area contributed by atoms with E-state index in [-0.39, 0.29) is 6.03 Å². The van der Waals surface area contributed by atoms with E-state index in [1.54, 1.807) is 0 Å². The molecule has 1 unspecified atom stereocenters. The van der Waals surface area contributed by atoms with Gasteiger partial charge >= 0.3 is 6.03 Å². The molecule has 0 aliphatic carbocycles. The Kier molecular flexibility index (Phi) is 4.88. The van der Waals surface area contributed by atoms with Gasteiger partial charge in [-0.1, -0.05) is 19.1 Å². The van der Waals surface area contributed by atoms with Gasteiger partial charge in [0.25, 0.3) is 0 Å². The van der Waals surface area contributed by atoms with Crippen LogP contribution in [-0.4, -0.2) is 38.1 Å². The van der Waals surface area contributed by atoms with Crippen LogP contribution in [0.4, 0.5) is 10.5 Å². The normalized spacial score (nSPS) is 18.8.